The third-order valence-corrected chi connectivity index (χ3v) is 5.26. The summed E-state index contributed by atoms with van der Waals surface area (Å²) in [5.74, 6) is -2.82. The van der Waals surface area contributed by atoms with Crippen molar-refractivity contribution >= 4 is 23.3 Å². The van der Waals surface area contributed by atoms with Gasteiger partial charge in [-0.2, -0.15) is 4.90 Å². The first-order chi connectivity index (χ1) is 15.4. The number of pyridine rings is 1. The lowest BCUT2D eigenvalue weighted by molar-refractivity contribution is -0.363. The first-order valence-corrected chi connectivity index (χ1v) is 10.3. The van der Waals surface area contributed by atoms with E-state index in [1.807, 2.05) is 13.8 Å². The zero-order chi connectivity index (χ0) is 22.8. The number of ether oxygens (including phenoxy) is 1. The molecule has 1 N–H and O–H groups in total. The number of ketones is 2. The molecule has 0 radical (unpaired) electrons. The summed E-state index contributed by atoms with van der Waals surface area (Å²) in [7, 11) is 0. The van der Waals surface area contributed by atoms with Gasteiger partial charge in [-0.15, -0.1) is 0 Å². The highest BCUT2D eigenvalue weighted by Crippen LogP contribution is 2.40. The molecule has 4 rings (SSSR count). The Kier molecular flexibility index (Phi) is 5.81. The quantitative estimate of drug-likeness (QED) is 0.338. The van der Waals surface area contributed by atoms with Crippen LogP contribution in [0.5, 0.6) is 5.75 Å². The third-order valence-electron chi connectivity index (χ3n) is 5.26. The summed E-state index contributed by atoms with van der Waals surface area (Å²) < 4.78 is 19.2. The lowest BCUT2D eigenvalue weighted by Crippen LogP contribution is -2.34. The molecule has 162 valence electrons. The van der Waals surface area contributed by atoms with Gasteiger partial charge in [-0.05, 0) is 61.9 Å². The van der Waals surface area contributed by atoms with Crippen molar-refractivity contribution in [3.05, 3.63) is 89.9 Å². The Hall–Kier alpha value is -3.87. The van der Waals surface area contributed by atoms with E-state index in [0.717, 1.165) is 0 Å². The first kappa shape index (κ1) is 21.4. The average Bonchev–Trinajstić information content (AvgIpc) is 3.05. The van der Waals surface area contributed by atoms with Crippen molar-refractivity contribution in [2.75, 3.05) is 4.90 Å². The van der Waals surface area contributed by atoms with Gasteiger partial charge in [0.2, 0.25) is 0 Å². The van der Waals surface area contributed by atoms with E-state index in [2.05, 4.69) is 4.98 Å². The zero-order valence-corrected chi connectivity index (χ0v) is 17.6. The van der Waals surface area contributed by atoms with Gasteiger partial charge in [0.15, 0.2) is 5.78 Å². The van der Waals surface area contributed by atoms with Crippen LogP contribution in [0.1, 0.15) is 35.8 Å². The summed E-state index contributed by atoms with van der Waals surface area (Å²) in [4.78, 5) is 43.7. The van der Waals surface area contributed by atoms with Crippen LogP contribution in [0.15, 0.2) is 72.9 Å². The van der Waals surface area contributed by atoms with Gasteiger partial charge in [0.25, 0.3) is 11.6 Å². The molecule has 0 saturated carbocycles. The van der Waals surface area contributed by atoms with Crippen molar-refractivity contribution in [1.29, 1.82) is 0 Å². The number of benzene rings is 2. The molecule has 2 atom stereocenters. The minimum Gasteiger partial charge on any atom is -0.491 e. The lowest BCUT2D eigenvalue weighted by Gasteiger charge is -2.20. The molecule has 0 bridgehead atoms. The van der Waals surface area contributed by atoms with Crippen LogP contribution in [0.2, 0.25) is 0 Å². The molecule has 2 aromatic carbocycles. The van der Waals surface area contributed by atoms with Crippen molar-refractivity contribution in [2.45, 2.75) is 26.0 Å². The fourth-order valence-corrected chi connectivity index (χ4v) is 3.88. The predicted molar refractivity (Wildman–Crippen MR) is 115 cm³/mol. The second-order valence-corrected chi connectivity index (χ2v) is 7.82. The van der Waals surface area contributed by atoms with Crippen LogP contribution in [0.25, 0.3) is 0 Å². The van der Waals surface area contributed by atoms with E-state index < -0.39 is 35.3 Å². The Balaban J connectivity index is 1.76. The second-order valence-electron chi connectivity index (χ2n) is 7.82. The standard InChI is InChI=1S/C25H21FN2O4/c1-15(2)32-19-12-8-17(9-13-19)23(29)21-22(16-6-10-18(26)11-7-16)28(25(31)24(21)30)20-5-3-4-14-27-20/h3-15,21-22H,1-2H3/p+1. The van der Waals surface area contributed by atoms with Gasteiger partial charge in [0.05, 0.1) is 12.3 Å². The number of hydrogen-bond donors (Lipinski definition) is 0. The molecule has 1 aliphatic heterocycles. The Morgan fingerprint density at radius 2 is 1.69 bits per heavy atom. The van der Waals surface area contributed by atoms with E-state index >= 15 is 0 Å². The van der Waals surface area contributed by atoms with E-state index in [-0.39, 0.29) is 6.10 Å². The van der Waals surface area contributed by atoms with Gasteiger partial charge in [0, 0.05) is 11.6 Å². The van der Waals surface area contributed by atoms with Gasteiger partial charge in [-0.25, -0.2) is 14.2 Å². The van der Waals surface area contributed by atoms with Crippen LogP contribution in [0.4, 0.5) is 10.2 Å². The van der Waals surface area contributed by atoms with Gasteiger partial charge in [0.1, 0.15) is 23.5 Å². The Morgan fingerprint density at radius 1 is 1.00 bits per heavy atom. The Labute approximate surface area is 184 Å². The zero-order valence-electron chi connectivity index (χ0n) is 17.6. The summed E-state index contributed by atoms with van der Waals surface area (Å²) in [6.07, 6.45) is 1.60. The second kappa shape index (κ2) is 8.70. The third kappa shape index (κ3) is 4.01. The SMILES string of the molecule is CC(C)Oc1ccc(C(=O)C2C(=O)C(=O)N(c3cccc[nH+]3)C2c2ccc(F)cc2)cc1. The van der Waals surface area contributed by atoms with Crippen LogP contribution in [0, 0.1) is 11.7 Å². The lowest BCUT2D eigenvalue weighted by atomic mass is 9.86. The number of aromatic nitrogens is 1. The highest BCUT2D eigenvalue weighted by molar-refractivity contribution is 6.48. The maximum atomic E-state index is 13.6. The minimum atomic E-state index is -1.27. The summed E-state index contributed by atoms with van der Waals surface area (Å²) in [6.45, 7) is 3.79. The topological polar surface area (TPSA) is 77.8 Å². The van der Waals surface area contributed by atoms with Crippen molar-refractivity contribution in [3.63, 3.8) is 0 Å². The largest absolute Gasteiger partial charge is 0.491 e. The fraction of sp³-hybridized carbons (Fsp3) is 0.200. The van der Waals surface area contributed by atoms with E-state index in [1.165, 1.54) is 29.2 Å². The van der Waals surface area contributed by atoms with Gasteiger partial charge >= 0.3 is 5.91 Å². The number of Topliss-reactive ketones (excluding diaryl/α,β-unsaturated/α-hetero) is 2. The average molecular weight is 433 g/mol. The van der Waals surface area contributed by atoms with Gasteiger partial charge in [-0.1, -0.05) is 18.2 Å². The fourth-order valence-electron chi connectivity index (χ4n) is 3.88. The smallest absolute Gasteiger partial charge is 0.378 e. The van der Waals surface area contributed by atoms with E-state index in [1.54, 1.807) is 48.7 Å². The number of rotatable bonds is 6. The Bertz CT molecular complexity index is 1140. The normalized spacial score (nSPS) is 18.3. The Morgan fingerprint density at radius 3 is 2.28 bits per heavy atom. The minimum absolute atomic E-state index is 0.0240. The first-order valence-electron chi connectivity index (χ1n) is 10.3. The maximum absolute atomic E-state index is 13.6. The molecule has 1 saturated heterocycles. The maximum Gasteiger partial charge on any atom is 0.378 e. The highest BCUT2D eigenvalue weighted by Gasteiger charge is 2.57. The van der Waals surface area contributed by atoms with Crippen LogP contribution < -0.4 is 14.6 Å². The van der Waals surface area contributed by atoms with Crippen molar-refractivity contribution in [3.8, 4) is 5.75 Å². The molecular formula is C25H22FN2O4+. The molecule has 0 aliphatic carbocycles. The van der Waals surface area contributed by atoms with E-state index in [4.69, 9.17) is 4.74 Å². The number of carbonyl (C=O) groups is 3. The van der Waals surface area contributed by atoms with E-state index in [9.17, 15) is 18.8 Å². The molecule has 1 fully saturated rings. The molecule has 3 aromatic rings. The molecule has 1 amide bonds. The number of hydrogen-bond acceptors (Lipinski definition) is 4. The number of amides is 1. The number of anilines is 1. The number of carbonyl (C=O) groups excluding carboxylic acids is 3. The monoisotopic (exact) mass is 433 g/mol. The number of nitrogens with one attached hydrogen (secondary N) is 1. The molecule has 0 spiro atoms. The summed E-state index contributed by atoms with van der Waals surface area (Å²) in [5.41, 5.74) is 0.777. The molecule has 1 aliphatic rings. The molecule has 7 heteroatoms. The van der Waals surface area contributed by atoms with E-state index in [0.29, 0.717) is 22.7 Å². The molecule has 6 nitrogen and oxygen atoms in total. The van der Waals surface area contributed by atoms with Crippen molar-refractivity contribution < 1.29 is 28.5 Å². The molecule has 2 unspecified atom stereocenters. The van der Waals surface area contributed by atoms with Gasteiger partial charge < -0.3 is 4.74 Å². The number of aromatic amines is 1. The van der Waals surface area contributed by atoms with Crippen molar-refractivity contribution in [1.82, 2.24) is 0 Å². The summed E-state index contributed by atoms with van der Waals surface area (Å²) >= 11 is 0. The summed E-state index contributed by atoms with van der Waals surface area (Å²) in [5, 5.41) is 0. The number of nitrogens with zero attached hydrogens (tertiary/aromatic N) is 1. The number of H-pyrrole nitrogens is 1. The van der Waals surface area contributed by atoms with Crippen LogP contribution in [-0.2, 0) is 9.59 Å². The predicted octanol–water partition coefficient (Wildman–Crippen LogP) is 3.58. The molecule has 32 heavy (non-hydrogen) atoms. The van der Waals surface area contributed by atoms with Crippen LogP contribution in [-0.4, -0.2) is 23.6 Å². The summed E-state index contributed by atoms with van der Waals surface area (Å²) in [6, 6.07) is 16.1. The van der Waals surface area contributed by atoms with Gasteiger partial charge in [-0.3, -0.25) is 9.59 Å². The highest BCUT2D eigenvalue weighted by atomic mass is 19.1. The van der Waals surface area contributed by atoms with Crippen LogP contribution in [0.3, 0.4) is 0 Å². The number of halogens is 1. The molecule has 2 heterocycles. The molecule has 1 aromatic heterocycles. The van der Waals surface area contributed by atoms with Crippen LogP contribution >= 0.6 is 0 Å². The molecular weight excluding hydrogens is 411 g/mol. The van der Waals surface area contributed by atoms with Crippen molar-refractivity contribution in [2.24, 2.45) is 5.92 Å².